The largest absolute Gasteiger partial charge is 0.462 e. The number of H-pyrrole nitrogens is 1. The molecule has 0 atom stereocenters. The van der Waals surface area contributed by atoms with E-state index in [2.05, 4.69) is 14.9 Å². The second-order valence-electron chi connectivity index (χ2n) is 6.05. The van der Waals surface area contributed by atoms with Crippen LogP contribution in [-0.4, -0.2) is 46.8 Å². The molecule has 1 fully saturated rings. The summed E-state index contributed by atoms with van der Waals surface area (Å²) in [6.07, 6.45) is 6.63. The molecule has 0 amide bonds. The molecule has 0 saturated heterocycles. The van der Waals surface area contributed by atoms with Crippen molar-refractivity contribution in [3.8, 4) is 0 Å². The summed E-state index contributed by atoms with van der Waals surface area (Å²) in [6.45, 7) is 2.13. The van der Waals surface area contributed by atoms with Crippen molar-refractivity contribution in [3.05, 3.63) is 24.0 Å². The lowest BCUT2D eigenvalue weighted by Gasteiger charge is -2.35. The van der Waals surface area contributed by atoms with Gasteiger partial charge in [-0.25, -0.2) is 9.78 Å². The third kappa shape index (κ3) is 3.03. The van der Waals surface area contributed by atoms with Crippen molar-refractivity contribution >= 4 is 22.7 Å². The minimum atomic E-state index is -0.346. The minimum absolute atomic E-state index is 0.200. The summed E-state index contributed by atoms with van der Waals surface area (Å²) >= 11 is 0. The van der Waals surface area contributed by atoms with E-state index in [0.717, 1.165) is 42.4 Å². The van der Waals surface area contributed by atoms with Crippen LogP contribution in [0.25, 0.3) is 11.0 Å². The molecular weight excluding hydrogens is 294 g/mol. The van der Waals surface area contributed by atoms with Crippen LogP contribution in [0.4, 0.5) is 5.69 Å². The first kappa shape index (κ1) is 15.8. The van der Waals surface area contributed by atoms with Gasteiger partial charge in [-0.2, -0.15) is 0 Å². The minimum Gasteiger partial charge on any atom is -0.462 e. The number of pyridine rings is 1. The lowest BCUT2D eigenvalue weighted by molar-refractivity contribution is 0.0526. The molecule has 0 spiro atoms. The van der Waals surface area contributed by atoms with Gasteiger partial charge in [-0.3, -0.25) is 0 Å². The zero-order valence-corrected chi connectivity index (χ0v) is 13.6. The fraction of sp³-hybridized carbons (Fsp3) is 0.529. The van der Waals surface area contributed by atoms with E-state index in [-0.39, 0.29) is 12.1 Å². The normalized spacial score (nSPS) is 21.3. The second kappa shape index (κ2) is 6.58. The van der Waals surface area contributed by atoms with E-state index < -0.39 is 0 Å². The number of aromatic amines is 1. The molecule has 2 heterocycles. The van der Waals surface area contributed by atoms with E-state index >= 15 is 0 Å². The standard InChI is InChI=1S/C17H23N3O3/c1-3-23-17(22)14-10-19-16-13(8-9-18-16)15(14)20(2)11-4-6-12(21)7-5-11/h8-12,21H,3-7H2,1-2H3,(H,18,19). The van der Waals surface area contributed by atoms with Crippen molar-refractivity contribution < 1.29 is 14.6 Å². The highest BCUT2D eigenvalue weighted by Crippen LogP contribution is 2.33. The van der Waals surface area contributed by atoms with Gasteiger partial charge in [0.1, 0.15) is 11.2 Å². The summed E-state index contributed by atoms with van der Waals surface area (Å²) in [7, 11) is 2.01. The third-order valence-corrected chi connectivity index (χ3v) is 4.62. The summed E-state index contributed by atoms with van der Waals surface area (Å²) < 4.78 is 5.19. The first-order valence-electron chi connectivity index (χ1n) is 8.16. The Bertz CT molecular complexity index is 689. The highest BCUT2D eigenvalue weighted by molar-refractivity contribution is 6.04. The molecule has 0 unspecified atom stereocenters. The Balaban J connectivity index is 2.00. The monoisotopic (exact) mass is 317 g/mol. The Hall–Kier alpha value is -2.08. The fourth-order valence-electron chi connectivity index (χ4n) is 3.36. The maximum absolute atomic E-state index is 12.3. The number of hydrogen-bond acceptors (Lipinski definition) is 5. The maximum Gasteiger partial charge on any atom is 0.341 e. The fourth-order valence-corrected chi connectivity index (χ4v) is 3.36. The van der Waals surface area contributed by atoms with Crippen molar-refractivity contribution in [1.82, 2.24) is 9.97 Å². The van der Waals surface area contributed by atoms with Crippen LogP contribution >= 0.6 is 0 Å². The molecule has 124 valence electrons. The van der Waals surface area contributed by atoms with Crippen molar-refractivity contribution in [2.45, 2.75) is 44.8 Å². The van der Waals surface area contributed by atoms with Gasteiger partial charge in [0.05, 0.1) is 18.4 Å². The van der Waals surface area contributed by atoms with Crippen LogP contribution in [0.2, 0.25) is 0 Å². The highest BCUT2D eigenvalue weighted by Gasteiger charge is 2.27. The molecule has 0 radical (unpaired) electrons. The molecule has 0 bridgehead atoms. The molecule has 2 aromatic rings. The number of rotatable bonds is 4. The van der Waals surface area contributed by atoms with Crippen LogP contribution in [0, 0.1) is 0 Å². The number of anilines is 1. The smallest absolute Gasteiger partial charge is 0.341 e. The molecule has 1 aliphatic rings. The molecule has 2 N–H and O–H groups in total. The quantitative estimate of drug-likeness (QED) is 0.847. The molecule has 1 aliphatic carbocycles. The Morgan fingerprint density at radius 2 is 2.17 bits per heavy atom. The SMILES string of the molecule is CCOC(=O)c1cnc2[nH]ccc2c1N(C)C1CCC(O)CC1. The summed E-state index contributed by atoms with van der Waals surface area (Å²) in [5, 5.41) is 10.6. The van der Waals surface area contributed by atoms with E-state index in [1.807, 2.05) is 19.3 Å². The molecule has 1 saturated carbocycles. The number of hydrogen-bond donors (Lipinski definition) is 2. The van der Waals surface area contributed by atoms with Crippen LogP contribution in [0.3, 0.4) is 0 Å². The predicted molar refractivity (Wildman–Crippen MR) is 88.7 cm³/mol. The molecular formula is C17H23N3O3. The topological polar surface area (TPSA) is 78.5 Å². The van der Waals surface area contributed by atoms with E-state index in [9.17, 15) is 9.90 Å². The van der Waals surface area contributed by atoms with Crippen LogP contribution in [0.5, 0.6) is 0 Å². The van der Waals surface area contributed by atoms with Crippen molar-refractivity contribution in [2.75, 3.05) is 18.6 Å². The van der Waals surface area contributed by atoms with E-state index in [4.69, 9.17) is 4.74 Å². The van der Waals surface area contributed by atoms with E-state index in [1.54, 1.807) is 13.1 Å². The Morgan fingerprint density at radius 1 is 1.43 bits per heavy atom. The zero-order valence-electron chi connectivity index (χ0n) is 13.6. The number of aliphatic hydroxyl groups excluding tert-OH is 1. The molecule has 0 aliphatic heterocycles. The third-order valence-electron chi connectivity index (χ3n) is 4.62. The Labute approximate surface area is 135 Å². The lowest BCUT2D eigenvalue weighted by Crippen LogP contribution is -2.37. The first-order chi connectivity index (χ1) is 11.1. The van der Waals surface area contributed by atoms with Crippen LogP contribution in [0.1, 0.15) is 43.0 Å². The predicted octanol–water partition coefficient (Wildman–Crippen LogP) is 2.48. The van der Waals surface area contributed by atoms with Gasteiger partial charge < -0.3 is 19.7 Å². The average molecular weight is 317 g/mol. The lowest BCUT2D eigenvalue weighted by atomic mass is 9.91. The van der Waals surface area contributed by atoms with Gasteiger partial charge in [-0.1, -0.05) is 0 Å². The summed E-state index contributed by atoms with van der Waals surface area (Å²) in [4.78, 5) is 21.9. The average Bonchev–Trinajstić information content (AvgIpc) is 3.02. The number of esters is 1. The number of nitrogens with zero attached hydrogens (tertiary/aromatic N) is 2. The molecule has 3 rings (SSSR count). The number of fused-ring (bicyclic) bond motifs is 1. The van der Waals surface area contributed by atoms with Crippen LogP contribution < -0.4 is 4.90 Å². The highest BCUT2D eigenvalue weighted by atomic mass is 16.5. The van der Waals surface area contributed by atoms with Crippen molar-refractivity contribution in [3.63, 3.8) is 0 Å². The van der Waals surface area contributed by atoms with E-state index in [1.165, 1.54) is 0 Å². The number of aliphatic hydroxyl groups is 1. The van der Waals surface area contributed by atoms with Gasteiger partial charge in [-0.05, 0) is 38.7 Å². The second-order valence-corrected chi connectivity index (χ2v) is 6.05. The Kier molecular flexibility index (Phi) is 4.52. The number of carbonyl (C=O) groups excluding carboxylic acids is 1. The van der Waals surface area contributed by atoms with Crippen LogP contribution in [-0.2, 0) is 4.74 Å². The maximum atomic E-state index is 12.3. The van der Waals surface area contributed by atoms with Crippen molar-refractivity contribution in [1.29, 1.82) is 0 Å². The van der Waals surface area contributed by atoms with Gasteiger partial charge in [0.25, 0.3) is 0 Å². The molecule has 23 heavy (non-hydrogen) atoms. The summed E-state index contributed by atoms with van der Waals surface area (Å²) in [5.74, 6) is -0.346. The molecule has 6 heteroatoms. The zero-order chi connectivity index (χ0) is 16.4. The molecule has 6 nitrogen and oxygen atoms in total. The summed E-state index contributed by atoms with van der Waals surface area (Å²) in [6, 6.07) is 2.24. The van der Waals surface area contributed by atoms with Gasteiger partial charge in [-0.15, -0.1) is 0 Å². The molecule has 2 aromatic heterocycles. The van der Waals surface area contributed by atoms with Crippen LogP contribution in [0.15, 0.2) is 18.5 Å². The number of nitrogens with one attached hydrogen (secondary N) is 1. The first-order valence-corrected chi connectivity index (χ1v) is 8.16. The Morgan fingerprint density at radius 3 is 2.87 bits per heavy atom. The number of aromatic nitrogens is 2. The van der Waals surface area contributed by atoms with Crippen molar-refractivity contribution in [2.24, 2.45) is 0 Å². The molecule has 0 aromatic carbocycles. The number of carbonyl (C=O) groups is 1. The van der Waals surface area contributed by atoms with Gasteiger partial charge in [0, 0.05) is 30.9 Å². The van der Waals surface area contributed by atoms with Gasteiger partial charge in [0.15, 0.2) is 0 Å². The van der Waals surface area contributed by atoms with Gasteiger partial charge in [0.2, 0.25) is 0 Å². The van der Waals surface area contributed by atoms with Gasteiger partial charge >= 0.3 is 5.97 Å². The van der Waals surface area contributed by atoms with E-state index in [0.29, 0.717) is 18.2 Å². The summed E-state index contributed by atoms with van der Waals surface area (Å²) in [5.41, 5.74) is 2.11. The number of ether oxygens (including phenoxy) is 1.